The summed E-state index contributed by atoms with van der Waals surface area (Å²) >= 11 is 1.11. The summed E-state index contributed by atoms with van der Waals surface area (Å²) < 4.78 is 6.65. The molecule has 9 nitrogen and oxygen atoms in total. The molecule has 0 bridgehead atoms. The van der Waals surface area contributed by atoms with E-state index in [1.807, 2.05) is 31.2 Å². The van der Waals surface area contributed by atoms with E-state index >= 15 is 0 Å². The van der Waals surface area contributed by atoms with Crippen LogP contribution in [0.25, 0.3) is 16.6 Å². The molecule has 4 aromatic rings. The van der Waals surface area contributed by atoms with Gasteiger partial charge in [0.25, 0.3) is 11.5 Å². The molecule has 3 aromatic carbocycles. The number of aliphatic carboxylic acids is 1. The summed E-state index contributed by atoms with van der Waals surface area (Å²) in [5.74, 6) is -1.52. The predicted molar refractivity (Wildman–Crippen MR) is 135 cm³/mol. The van der Waals surface area contributed by atoms with E-state index in [2.05, 4.69) is 15.5 Å². The van der Waals surface area contributed by atoms with Gasteiger partial charge in [-0.15, -0.1) is 0 Å². The molecule has 0 unspecified atom stereocenters. The van der Waals surface area contributed by atoms with Crippen molar-refractivity contribution in [1.29, 1.82) is 0 Å². The summed E-state index contributed by atoms with van der Waals surface area (Å²) in [5.41, 5.74) is 4.93. The van der Waals surface area contributed by atoms with Gasteiger partial charge in [0.2, 0.25) is 0 Å². The number of hydrazone groups is 1. The molecule has 4 rings (SSSR count). The average Bonchev–Trinajstić information content (AvgIpc) is 2.88. The number of ether oxygens (including phenoxy) is 1. The number of carboxylic acid groups (broad SMARTS) is 1. The van der Waals surface area contributed by atoms with E-state index in [9.17, 15) is 19.5 Å². The number of carbonyl (C=O) groups is 2. The molecule has 0 fully saturated rings. The van der Waals surface area contributed by atoms with E-state index in [0.29, 0.717) is 27.3 Å². The van der Waals surface area contributed by atoms with Gasteiger partial charge < -0.3 is 14.6 Å². The molecule has 10 heteroatoms. The molecule has 1 N–H and O–H groups in total. The molecule has 0 aliphatic heterocycles. The minimum atomic E-state index is -1.35. The average molecular weight is 502 g/mol. The molecule has 1 aromatic heterocycles. The van der Waals surface area contributed by atoms with E-state index in [4.69, 9.17) is 4.74 Å². The van der Waals surface area contributed by atoms with Crippen LogP contribution in [0, 0.1) is 6.92 Å². The highest BCUT2D eigenvalue weighted by Gasteiger charge is 2.14. The van der Waals surface area contributed by atoms with Gasteiger partial charge in [-0.2, -0.15) is 5.10 Å². The maximum atomic E-state index is 13.3. The highest BCUT2D eigenvalue weighted by Crippen LogP contribution is 2.21. The summed E-state index contributed by atoms with van der Waals surface area (Å²) in [6.07, 6.45) is 1.35. The number of hydrogen-bond acceptors (Lipinski definition) is 8. The lowest BCUT2D eigenvalue weighted by Gasteiger charge is -2.13. The summed E-state index contributed by atoms with van der Waals surface area (Å²) in [7, 11) is 0. The zero-order valence-electron chi connectivity index (χ0n) is 19.2. The number of fused-ring (bicyclic) bond motifs is 1. The Bertz CT molecular complexity index is 1500. The zero-order valence-corrected chi connectivity index (χ0v) is 20.0. The number of nitrogens with zero attached hydrogens (tertiary/aromatic N) is 3. The number of nitrogens with one attached hydrogen (secondary N) is 1. The second-order valence-electron chi connectivity index (χ2n) is 7.67. The van der Waals surface area contributed by atoms with Crippen LogP contribution in [-0.4, -0.2) is 40.0 Å². The number of rotatable bonds is 9. The van der Waals surface area contributed by atoms with Crippen molar-refractivity contribution in [2.75, 3.05) is 12.4 Å². The molecular formula is C26H21N4O5S-. The van der Waals surface area contributed by atoms with Gasteiger partial charge in [-0.3, -0.25) is 14.2 Å². The van der Waals surface area contributed by atoms with Crippen LogP contribution in [-0.2, 0) is 9.59 Å². The number of thioether (sulfide) groups is 1. The fourth-order valence-corrected chi connectivity index (χ4v) is 4.13. The monoisotopic (exact) mass is 501 g/mol. The lowest BCUT2D eigenvalue weighted by molar-refractivity contribution is -0.307. The quantitative estimate of drug-likeness (QED) is 0.161. The van der Waals surface area contributed by atoms with Crippen LogP contribution in [0.15, 0.2) is 87.8 Å². The van der Waals surface area contributed by atoms with E-state index in [0.717, 1.165) is 17.3 Å². The van der Waals surface area contributed by atoms with Crippen LogP contribution in [0.5, 0.6) is 5.75 Å². The summed E-state index contributed by atoms with van der Waals surface area (Å²) in [6.45, 7) is 1.36. The molecule has 0 spiro atoms. The third-order valence-electron chi connectivity index (χ3n) is 5.03. The zero-order chi connectivity index (χ0) is 25.5. The van der Waals surface area contributed by atoms with E-state index in [-0.39, 0.29) is 17.1 Å². The van der Waals surface area contributed by atoms with Crippen LogP contribution >= 0.6 is 11.8 Å². The van der Waals surface area contributed by atoms with Crippen molar-refractivity contribution in [3.05, 3.63) is 94.3 Å². The normalized spacial score (nSPS) is 11.0. The first kappa shape index (κ1) is 24.7. The highest BCUT2D eigenvalue weighted by molar-refractivity contribution is 7.99. The van der Waals surface area contributed by atoms with Crippen LogP contribution < -0.4 is 20.8 Å². The lowest BCUT2D eigenvalue weighted by Crippen LogP contribution is -2.29. The van der Waals surface area contributed by atoms with Gasteiger partial charge in [-0.1, -0.05) is 53.7 Å². The molecule has 0 atom stereocenters. The molecular weight excluding hydrogens is 480 g/mol. The first-order valence-electron chi connectivity index (χ1n) is 10.9. The van der Waals surface area contributed by atoms with E-state index in [1.54, 1.807) is 48.5 Å². The summed E-state index contributed by atoms with van der Waals surface area (Å²) in [5, 5.41) is 15.4. The molecule has 1 amide bonds. The summed E-state index contributed by atoms with van der Waals surface area (Å²) in [6, 6.07) is 21.2. The number of para-hydroxylation sites is 2. The summed E-state index contributed by atoms with van der Waals surface area (Å²) in [4.78, 5) is 41.0. The smallest absolute Gasteiger partial charge is 0.266 e. The van der Waals surface area contributed by atoms with Gasteiger partial charge in [0.1, 0.15) is 12.4 Å². The van der Waals surface area contributed by atoms with Crippen LogP contribution in [0.4, 0.5) is 0 Å². The minimum Gasteiger partial charge on any atom is -0.546 e. The number of hydrogen-bond donors (Lipinski definition) is 1. The third-order valence-corrected chi connectivity index (χ3v) is 5.97. The van der Waals surface area contributed by atoms with Gasteiger partial charge >= 0.3 is 0 Å². The van der Waals surface area contributed by atoms with Crippen LogP contribution in [0.1, 0.15) is 11.1 Å². The second-order valence-corrected chi connectivity index (χ2v) is 8.61. The largest absolute Gasteiger partial charge is 0.546 e. The van der Waals surface area contributed by atoms with Gasteiger partial charge in [-0.05, 0) is 43.3 Å². The maximum Gasteiger partial charge on any atom is 0.266 e. The number of aromatic nitrogens is 2. The van der Waals surface area contributed by atoms with Crippen molar-refractivity contribution in [2.45, 2.75) is 12.1 Å². The van der Waals surface area contributed by atoms with Gasteiger partial charge in [0.15, 0.2) is 5.16 Å². The molecule has 0 radical (unpaired) electrons. The number of carboxylic acids is 1. The van der Waals surface area contributed by atoms with Gasteiger partial charge in [0, 0.05) is 5.56 Å². The Morgan fingerprint density at radius 2 is 1.81 bits per heavy atom. The van der Waals surface area contributed by atoms with Crippen molar-refractivity contribution in [3.8, 4) is 11.4 Å². The molecule has 0 saturated heterocycles. The first-order chi connectivity index (χ1) is 17.4. The second kappa shape index (κ2) is 11.3. The minimum absolute atomic E-state index is 0.0448. The van der Waals surface area contributed by atoms with Crippen molar-refractivity contribution < 1.29 is 19.4 Å². The standard InChI is InChI=1S/C26H22N4O5S/c1-17-10-12-19(13-11-17)30-25(34)20-7-3-4-8-21(20)28-26(30)36-16-23(31)29-27-14-18-6-2-5-9-22(18)35-15-24(32)33/h2-14H,15-16H2,1H3,(H,29,31)(H,32,33)/p-1. The Morgan fingerprint density at radius 1 is 1.08 bits per heavy atom. The number of amides is 1. The molecule has 182 valence electrons. The van der Waals surface area contributed by atoms with Crippen molar-refractivity contribution in [1.82, 2.24) is 15.0 Å². The third kappa shape index (κ3) is 5.97. The highest BCUT2D eigenvalue weighted by atomic mass is 32.2. The SMILES string of the molecule is Cc1ccc(-n2c(SCC(=O)NN=Cc3ccccc3OCC(=O)[O-])nc3ccccc3c2=O)cc1. The van der Waals surface area contributed by atoms with E-state index in [1.165, 1.54) is 10.8 Å². The Kier molecular flexibility index (Phi) is 7.76. The fraction of sp³-hybridized carbons (Fsp3) is 0.115. The molecule has 1 heterocycles. The Hall–Kier alpha value is -4.44. The first-order valence-corrected chi connectivity index (χ1v) is 11.9. The predicted octanol–water partition coefficient (Wildman–Crippen LogP) is 2.07. The van der Waals surface area contributed by atoms with Gasteiger partial charge in [0.05, 0.1) is 34.5 Å². The fourth-order valence-electron chi connectivity index (χ4n) is 3.32. The Labute approximate surface area is 210 Å². The molecule has 0 saturated carbocycles. The van der Waals surface area contributed by atoms with Crippen LogP contribution in [0.2, 0.25) is 0 Å². The van der Waals surface area contributed by atoms with E-state index < -0.39 is 18.5 Å². The topological polar surface area (TPSA) is 126 Å². The van der Waals surface area contributed by atoms with Crippen molar-refractivity contribution in [2.24, 2.45) is 5.10 Å². The van der Waals surface area contributed by atoms with Gasteiger partial charge in [-0.25, -0.2) is 10.4 Å². The molecule has 36 heavy (non-hydrogen) atoms. The molecule has 0 aliphatic rings. The molecule has 0 aliphatic carbocycles. The lowest BCUT2D eigenvalue weighted by atomic mass is 10.2. The Morgan fingerprint density at radius 3 is 2.58 bits per heavy atom. The van der Waals surface area contributed by atoms with Crippen molar-refractivity contribution in [3.63, 3.8) is 0 Å². The maximum absolute atomic E-state index is 13.3. The number of benzene rings is 3. The number of carbonyl (C=O) groups excluding carboxylic acids is 2. The van der Waals surface area contributed by atoms with Crippen LogP contribution in [0.3, 0.4) is 0 Å². The van der Waals surface area contributed by atoms with Crippen molar-refractivity contribution >= 4 is 40.8 Å². The number of aryl methyl sites for hydroxylation is 1. The Balaban J connectivity index is 1.50.